The number of ether oxygens (including phenoxy) is 2. The van der Waals surface area contributed by atoms with Crippen LogP contribution in [0.3, 0.4) is 0 Å². The maximum absolute atomic E-state index is 9.84. The third kappa shape index (κ3) is 2.47. The standard InChI is InChI=1S/C14H17N3O2/c15-11-14(8-13-10-19-13,12-2-1-3-16-9-12)17-4-6-18-7-5-17/h1-3,9,13H,4-8,10H2/t13-,14+/m1/s1. The summed E-state index contributed by atoms with van der Waals surface area (Å²) < 4.78 is 10.7. The maximum atomic E-state index is 9.84. The zero-order valence-electron chi connectivity index (χ0n) is 10.8. The van der Waals surface area contributed by atoms with Gasteiger partial charge in [-0.25, -0.2) is 0 Å². The van der Waals surface area contributed by atoms with Gasteiger partial charge >= 0.3 is 0 Å². The summed E-state index contributed by atoms with van der Waals surface area (Å²) in [7, 11) is 0. The van der Waals surface area contributed by atoms with E-state index >= 15 is 0 Å². The maximum Gasteiger partial charge on any atom is 0.138 e. The molecule has 0 N–H and O–H groups in total. The largest absolute Gasteiger partial charge is 0.379 e. The van der Waals surface area contributed by atoms with Crippen molar-refractivity contribution >= 4 is 0 Å². The zero-order valence-corrected chi connectivity index (χ0v) is 10.8. The third-order valence-electron chi connectivity index (χ3n) is 3.80. The first-order chi connectivity index (χ1) is 9.35. The Balaban J connectivity index is 1.95. The number of morpholine rings is 1. The number of epoxide rings is 1. The van der Waals surface area contributed by atoms with Gasteiger partial charge in [0.2, 0.25) is 0 Å². The highest BCUT2D eigenvalue weighted by Crippen LogP contribution is 2.36. The van der Waals surface area contributed by atoms with Crippen LogP contribution in [0.25, 0.3) is 0 Å². The number of pyridine rings is 1. The van der Waals surface area contributed by atoms with Crippen molar-refractivity contribution in [1.29, 1.82) is 5.26 Å². The van der Waals surface area contributed by atoms with Crippen molar-refractivity contribution in [3.8, 4) is 6.07 Å². The molecule has 0 aliphatic carbocycles. The predicted molar refractivity (Wildman–Crippen MR) is 68.3 cm³/mol. The highest BCUT2D eigenvalue weighted by molar-refractivity contribution is 5.30. The lowest BCUT2D eigenvalue weighted by Crippen LogP contribution is -2.51. The first kappa shape index (κ1) is 12.5. The Morgan fingerprint density at radius 1 is 1.47 bits per heavy atom. The molecule has 0 bridgehead atoms. The average Bonchev–Trinajstić information content (AvgIpc) is 3.31. The van der Waals surface area contributed by atoms with E-state index in [-0.39, 0.29) is 6.10 Å². The summed E-state index contributed by atoms with van der Waals surface area (Å²) in [5.41, 5.74) is 0.314. The second kappa shape index (κ2) is 5.25. The minimum absolute atomic E-state index is 0.197. The SMILES string of the molecule is N#C[C@@](C[C@@H]1CO1)(c1cccnc1)N1CCOCC1. The van der Waals surface area contributed by atoms with Crippen molar-refractivity contribution in [2.24, 2.45) is 0 Å². The molecule has 0 aromatic carbocycles. The molecule has 2 saturated heterocycles. The molecule has 5 nitrogen and oxygen atoms in total. The number of hydrogen-bond donors (Lipinski definition) is 0. The molecule has 2 atom stereocenters. The quantitative estimate of drug-likeness (QED) is 0.752. The fourth-order valence-corrected chi connectivity index (χ4v) is 2.68. The summed E-state index contributed by atoms with van der Waals surface area (Å²) in [6.45, 7) is 3.66. The Morgan fingerprint density at radius 2 is 2.26 bits per heavy atom. The van der Waals surface area contributed by atoms with Crippen LogP contribution in [0.2, 0.25) is 0 Å². The van der Waals surface area contributed by atoms with Crippen molar-refractivity contribution < 1.29 is 9.47 Å². The van der Waals surface area contributed by atoms with Crippen molar-refractivity contribution in [3.05, 3.63) is 30.1 Å². The lowest BCUT2D eigenvalue weighted by molar-refractivity contribution is -0.0101. The molecule has 2 aliphatic rings. The molecule has 2 aliphatic heterocycles. The molecular formula is C14H17N3O2. The van der Waals surface area contributed by atoms with Gasteiger partial charge in [-0.05, 0) is 6.07 Å². The molecule has 0 saturated carbocycles. The Labute approximate surface area is 112 Å². The molecule has 0 spiro atoms. The number of aromatic nitrogens is 1. The van der Waals surface area contributed by atoms with Gasteiger partial charge in [0.25, 0.3) is 0 Å². The van der Waals surface area contributed by atoms with E-state index in [9.17, 15) is 5.26 Å². The molecule has 5 heteroatoms. The molecule has 0 amide bonds. The monoisotopic (exact) mass is 259 g/mol. The van der Waals surface area contributed by atoms with Crippen LogP contribution in [0.15, 0.2) is 24.5 Å². The van der Waals surface area contributed by atoms with E-state index in [1.807, 2.05) is 12.1 Å². The summed E-state index contributed by atoms with van der Waals surface area (Å²) in [4.78, 5) is 6.37. The molecule has 100 valence electrons. The van der Waals surface area contributed by atoms with Crippen molar-refractivity contribution in [2.75, 3.05) is 32.9 Å². The average molecular weight is 259 g/mol. The van der Waals surface area contributed by atoms with Crippen LogP contribution in [-0.4, -0.2) is 48.9 Å². The van der Waals surface area contributed by atoms with E-state index < -0.39 is 5.54 Å². The summed E-state index contributed by atoms with van der Waals surface area (Å²) >= 11 is 0. The summed E-state index contributed by atoms with van der Waals surface area (Å²) in [5, 5.41) is 9.84. The Kier molecular flexibility index (Phi) is 3.47. The van der Waals surface area contributed by atoms with Crippen molar-refractivity contribution in [1.82, 2.24) is 9.88 Å². The summed E-state index contributed by atoms with van der Waals surface area (Å²) in [6.07, 6.45) is 4.43. The van der Waals surface area contributed by atoms with Gasteiger partial charge in [-0.2, -0.15) is 5.26 Å². The van der Waals surface area contributed by atoms with Crippen LogP contribution in [0.4, 0.5) is 0 Å². The minimum Gasteiger partial charge on any atom is -0.379 e. The van der Waals surface area contributed by atoms with E-state index in [0.717, 1.165) is 25.3 Å². The third-order valence-corrected chi connectivity index (χ3v) is 3.80. The second-order valence-electron chi connectivity index (χ2n) is 4.97. The number of nitrogens with zero attached hydrogens (tertiary/aromatic N) is 3. The van der Waals surface area contributed by atoms with Crippen LogP contribution in [0, 0.1) is 11.3 Å². The van der Waals surface area contributed by atoms with Crippen LogP contribution >= 0.6 is 0 Å². The second-order valence-corrected chi connectivity index (χ2v) is 4.97. The van der Waals surface area contributed by atoms with Crippen LogP contribution < -0.4 is 0 Å². The first-order valence-electron chi connectivity index (χ1n) is 6.61. The van der Waals surface area contributed by atoms with E-state index in [4.69, 9.17) is 9.47 Å². The molecule has 0 unspecified atom stereocenters. The van der Waals surface area contributed by atoms with Gasteiger partial charge in [-0.3, -0.25) is 9.88 Å². The molecule has 3 rings (SSSR count). The van der Waals surface area contributed by atoms with Gasteiger partial charge in [0, 0.05) is 37.5 Å². The Morgan fingerprint density at radius 3 is 2.84 bits per heavy atom. The molecule has 19 heavy (non-hydrogen) atoms. The van der Waals surface area contributed by atoms with Crippen molar-refractivity contribution in [3.63, 3.8) is 0 Å². The Hall–Kier alpha value is -1.48. The van der Waals surface area contributed by atoms with Gasteiger partial charge in [0.05, 0.1) is 32.0 Å². The number of nitriles is 1. The zero-order chi connectivity index (χ0) is 13.1. The summed E-state index contributed by atoms with van der Waals surface area (Å²) in [5.74, 6) is 0. The normalized spacial score (nSPS) is 26.4. The minimum atomic E-state index is -0.640. The smallest absolute Gasteiger partial charge is 0.138 e. The van der Waals surface area contributed by atoms with Gasteiger partial charge in [-0.15, -0.1) is 0 Å². The first-order valence-corrected chi connectivity index (χ1v) is 6.61. The van der Waals surface area contributed by atoms with E-state index in [2.05, 4.69) is 16.0 Å². The van der Waals surface area contributed by atoms with Crippen LogP contribution in [0.5, 0.6) is 0 Å². The topological polar surface area (TPSA) is 61.7 Å². The molecule has 0 radical (unpaired) electrons. The van der Waals surface area contributed by atoms with Crippen LogP contribution in [0.1, 0.15) is 12.0 Å². The molecule has 3 heterocycles. The van der Waals surface area contributed by atoms with Gasteiger partial charge in [0.1, 0.15) is 5.54 Å². The summed E-state index contributed by atoms with van der Waals surface area (Å²) in [6, 6.07) is 6.39. The van der Waals surface area contributed by atoms with Gasteiger partial charge in [0.15, 0.2) is 0 Å². The fraction of sp³-hybridized carbons (Fsp3) is 0.571. The van der Waals surface area contributed by atoms with E-state index in [1.165, 1.54) is 0 Å². The number of hydrogen-bond acceptors (Lipinski definition) is 5. The molecule has 2 fully saturated rings. The van der Waals surface area contributed by atoms with Gasteiger partial charge < -0.3 is 9.47 Å². The van der Waals surface area contributed by atoms with Gasteiger partial charge in [-0.1, -0.05) is 6.07 Å². The highest BCUT2D eigenvalue weighted by atomic mass is 16.6. The fourth-order valence-electron chi connectivity index (χ4n) is 2.68. The van der Waals surface area contributed by atoms with Crippen molar-refractivity contribution in [2.45, 2.75) is 18.1 Å². The van der Waals surface area contributed by atoms with E-state index in [0.29, 0.717) is 19.6 Å². The lowest BCUT2D eigenvalue weighted by atomic mass is 9.85. The Bertz CT molecular complexity index is 463. The van der Waals surface area contributed by atoms with Crippen LogP contribution in [-0.2, 0) is 15.0 Å². The highest BCUT2D eigenvalue weighted by Gasteiger charge is 2.44. The molecule has 1 aromatic rings. The molecular weight excluding hydrogens is 242 g/mol. The lowest BCUT2D eigenvalue weighted by Gasteiger charge is -2.40. The number of rotatable bonds is 4. The predicted octanol–water partition coefficient (Wildman–Crippen LogP) is 0.922. The molecule has 1 aromatic heterocycles. The van der Waals surface area contributed by atoms with E-state index in [1.54, 1.807) is 12.4 Å².